The standard InChI is InChI=1S/C26H41NOS/c1-18(17-27-12-14-29-15-13-27)22-6-7-23-21-5-4-19-16-20(28)8-10-25(19,2)24(21)9-11-26(22,23)3/h7,18-20,22,28H,4-6,8-17H2,1-3H3/t18-,19+,20?,22-,25+,26?/m1/s1. The summed E-state index contributed by atoms with van der Waals surface area (Å²) in [5.74, 6) is 4.96. The van der Waals surface area contributed by atoms with Gasteiger partial charge >= 0.3 is 0 Å². The number of thioether (sulfide) groups is 1. The van der Waals surface area contributed by atoms with Gasteiger partial charge in [-0.3, -0.25) is 0 Å². The van der Waals surface area contributed by atoms with Gasteiger partial charge in [0.25, 0.3) is 0 Å². The van der Waals surface area contributed by atoms with Gasteiger partial charge in [0.1, 0.15) is 0 Å². The van der Waals surface area contributed by atoms with Crippen molar-refractivity contribution in [3.8, 4) is 0 Å². The van der Waals surface area contributed by atoms with E-state index in [1.54, 1.807) is 11.1 Å². The molecule has 2 unspecified atom stereocenters. The molecule has 6 atom stereocenters. The molecule has 1 N–H and O–H groups in total. The second-order valence-electron chi connectivity index (χ2n) is 11.3. The number of hydrogen-bond donors (Lipinski definition) is 1. The minimum absolute atomic E-state index is 0.0480. The number of hydrogen-bond acceptors (Lipinski definition) is 3. The van der Waals surface area contributed by atoms with E-state index in [0.717, 1.165) is 24.7 Å². The Hall–Kier alpha value is -0.250. The lowest BCUT2D eigenvalue weighted by Gasteiger charge is -2.54. The first-order valence-electron chi connectivity index (χ1n) is 12.3. The van der Waals surface area contributed by atoms with E-state index in [0.29, 0.717) is 16.7 Å². The summed E-state index contributed by atoms with van der Waals surface area (Å²) in [5.41, 5.74) is 6.11. The first-order chi connectivity index (χ1) is 13.9. The molecule has 29 heavy (non-hydrogen) atoms. The van der Waals surface area contributed by atoms with Crippen LogP contribution in [-0.2, 0) is 0 Å². The molecule has 1 saturated carbocycles. The Labute approximate surface area is 182 Å². The largest absolute Gasteiger partial charge is 0.393 e. The van der Waals surface area contributed by atoms with Crippen LogP contribution < -0.4 is 0 Å². The van der Waals surface area contributed by atoms with Crippen molar-refractivity contribution in [1.82, 2.24) is 4.90 Å². The molecule has 2 fully saturated rings. The Morgan fingerprint density at radius 2 is 1.93 bits per heavy atom. The quantitative estimate of drug-likeness (QED) is 0.642. The average molecular weight is 416 g/mol. The van der Waals surface area contributed by atoms with Crippen LogP contribution in [0.15, 0.2) is 22.8 Å². The van der Waals surface area contributed by atoms with Crippen molar-refractivity contribution >= 4 is 11.8 Å². The van der Waals surface area contributed by atoms with Crippen LogP contribution in [0, 0.1) is 28.6 Å². The maximum Gasteiger partial charge on any atom is 0.0543 e. The van der Waals surface area contributed by atoms with Gasteiger partial charge < -0.3 is 10.0 Å². The lowest BCUT2D eigenvalue weighted by Crippen LogP contribution is -2.45. The van der Waals surface area contributed by atoms with Gasteiger partial charge in [-0.1, -0.05) is 32.4 Å². The van der Waals surface area contributed by atoms with Crippen LogP contribution in [0.4, 0.5) is 0 Å². The van der Waals surface area contributed by atoms with Gasteiger partial charge in [0, 0.05) is 31.1 Å². The molecule has 0 aromatic rings. The molecule has 1 saturated heterocycles. The highest BCUT2D eigenvalue weighted by Gasteiger charge is 2.53. The molecule has 2 nitrogen and oxygen atoms in total. The van der Waals surface area contributed by atoms with Crippen molar-refractivity contribution < 1.29 is 5.11 Å². The molecule has 162 valence electrons. The van der Waals surface area contributed by atoms with Crippen LogP contribution in [0.2, 0.25) is 0 Å². The summed E-state index contributed by atoms with van der Waals surface area (Å²) in [4.78, 5) is 2.73. The van der Waals surface area contributed by atoms with Crippen LogP contribution in [0.3, 0.4) is 0 Å². The molecular formula is C26H41NOS. The molecule has 0 radical (unpaired) electrons. The summed E-state index contributed by atoms with van der Waals surface area (Å²) in [6.07, 6.45) is 12.4. The molecular weight excluding hydrogens is 374 g/mol. The highest BCUT2D eigenvalue weighted by Crippen LogP contribution is 2.64. The third-order valence-electron chi connectivity index (χ3n) is 9.82. The van der Waals surface area contributed by atoms with Gasteiger partial charge in [-0.2, -0.15) is 11.8 Å². The molecule has 1 heterocycles. The molecule has 3 heteroatoms. The van der Waals surface area contributed by atoms with Crippen LogP contribution >= 0.6 is 11.8 Å². The summed E-state index contributed by atoms with van der Waals surface area (Å²) in [5, 5.41) is 10.2. The van der Waals surface area contributed by atoms with Crippen LogP contribution in [0.25, 0.3) is 0 Å². The second-order valence-corrected chi connectivity index (χ2v) is 12.5. The minimum Gasteiger partial charge on any atom is -0.393 e. The van der Waals surface area contributed by atoms with E-state index in [-0.39, 0.29) is 6.10 Å². The van der Waals surface area contributed by atoms with E-state index >= 15 is 0 Å². The first kappa shape index (κ1) is 20.6. The van der Waals surface area contributed by atoms with Crippen LogP contribution in [-0.4, -0.2) is 47.3 Å². The number of aliphatic hydroxyl groups is 1. The predicted molar refractivity (Wildman–Crippen MR) is 124 cm³/mol. The summed E-state index contributed by atoms with van der Waals surface area (Å²) < 4.78 is 0. The van der Waals surface area contributed by atoms with E-state index in [1.807, 2.05) is 5.57 Å². The van der Waals surface area contributed by atoms with Gasteiger partial charge in [-0.05, 0) is 91.1 Å². The SMILES string of the molecule is C[C@H](CN1CCSCC1)[C@H]1CC=C2C3=C(CCC21C)[C@@]1(C)CCC(O)C[C@@H]1CC3. The Balaban J connectivity index is 1.37. The Morgan fingerprint density at radius 1 is 1.14 bits per heavy atom. The molecule has 5 aliphatic rings. The summed E-state index contributed by atoms with van der Waals surface area (Å²) in [7, 11) is 0. The molecule has 0 amide bonds. The van der Waals surface area contributed by atoms with Crippen LogP contribution in [0.1, 0.15) is 72.1 Å². The van der Waals surface area contributed by atoms with Crippen molar-refractivity contribution in [3.63, 3.8) is 0 Å². The third-order valence-corrected chi connectivity index (χ3v) is 10.8. The van der Waals surface area contributed by atoms with E-state index in [2.05, 4.69) is 43.5 Å². The molecule has 5 rings (SSSR count). The molecule has 1 aliphatic heterocycles. The Morgan fingerprint density at radius 3 is 2.72 bits per heavy atom. The van der Waals surface area contributed by atoms with E-state index in [4.69, 9.17) is 0 Å². The van der Waals surface area contributed by atoms with E-state index in [9.17, 15) is 5.11 Å². The topological polar surface area (TPSA) is 23.5 Å². The molecule has 0 aromatic heterocycles. The average Bonchev–Trinajstić information content (AvgIpc) is 3.06. The molecule has 0 bridgehead atoms. The summed E-state index contributed by atoms with van der Waals surface area (Å²) in [6.45, 7) is 11.6. The minimum atomic E-state index is -0.0480. The van der Waals surface area contributed by atoms with Crippen molar-refractivity contribution in [2.45, 2.75) is 78.2 Å². The Kier molecular flexibility index (Phi) is 5.49. The summed E-state index contributed by atoms with van der Waals surface area (Å²) >= 11 is 2.12. The fourth-order valence-electron chi connectivity index (χ4n) is 8.05. The number of allylic oxidation sites excluding steroid dienone is 4. The Bertz CT molecular complexity index is 707. The number of nitrogens with zero attached hydrogens (tertiary/aromatic N) is 1. The maximum absolute atomic E-state index is 10.2. The van der Waals surface area contributed by atoms with Gasteiger partial charge in [0.2, 0.25) is 0 Å². The van der Waals surface area contributed by atoms with Crippen molar-refractivity contribution in [2.75, 3.05) is 31.1 Å². The van der Waals surface area contributed by atoms with E-state index < -0.39 is 0 Å². The van der Waals surface area contributed by atoms with Gasteiger partial charge in [0.05, 0.1) is 6.10 Å². The zero-order valence-corrected chi connectivity index (χ0v) is 19.7. The second kappa shape index (κ2) is 7.71. The van der Waals surface area contributed by atoms with Gasteiger partial charge in [-0.25, -0.2) is 0 Å². The number of aliphatic hydroxyl groups excluding tert-OH is 1. The van der Waals surface area contributed by atoms with Crippen molar-refractivity contribution in [1.29, 1.82) is 0 Å². The highest BCUT2D eigenvalue weighted by molar-refractivity contribution is 7.99. The fourth-order valence-corrected chi connectivity index (χ4v) is 9.03. The maximum atomic E-state index is 10.2. The van der Waals surface area contributed by atoms with Gasteiger partial charge in [-0.15, -0.1) is 0 Å². The molecule has 4 aliphatic carbocycles. The normalized spacial score (nSPS) is 44.0. The fraction of sp³-hybridized carbons (Fsp3) is 0.846. The zero-order valence-electron chi connectivity index (χ0n) is 18.9. The van der Waals surface area contributed by atoms with Crippen LogP contribution in [0.5, 0.6) is 0 Å². The monoisotopic (exact) mass is 415 g/mol. The number of rotatable bonds is 3. The van der Waals surface area contributed by atoms with E-state index in [1.165, 1.54) is 69.7 Å². The lowest BCUT2D eigenvalue weighted by molar-refractivity contribution is 0.0222. The summed E-state index contributed by atoms with van der Waals surface area (Å²) in [6, 6.07) is 0. The zero-order chi connectivity index (χ0) is 20.2. The van der Waals surface area contributed by atoms with Crippen molar-refractivity contribution in [2.24, 2.45) is 28.6 Å². The van der Waals surface area contributed by atoms with Gasteiger partial charge in [0.15, 0.2) is 0 Å². The third kappa shape index (κ3) is 3.38. The number of fused-ring (bicyclic) bond motifs is 4. The molecule has 0 spiro atoms. The lowest BCUT2D eigenvalue weighted by atomic mass is 9.51. The highest BCUT2D eigenvalue weighted by atomic mass is 32.2. The van der Waals surface area contributed by atoms with Crippen molar-refractivity contribution in [3.05, 3.63) is 22.8 Å². The molecule has 0 aromatic carbocycles. The first-order valence-corrected chi connectivity index (χ1v) is 13.5. The smallest absolute Gasteiger partial charge is 0.0543 e. The predicted octanol–water partition coefficient (Wildman–Crippen LogP) is 5.68.